The summed E-state index contributed by atoms with van der Waals surface area (Å²) in [5.41, 5.74) is 0.197. The highest BCUT2D eigenvalue weighted by molar-refractivity contribution is 6.20. The van der Waals surface area contributed by atoms with Crippen LogP contribution in [0.3, 0.4) is 0 Å². The highest BCUT2D eigenvalue weighted by Crippen LogP contribution is 2.03. The van der Waals surface area contributed by atoms with E-state index in [2.05, 4.69) is 33.0 Å². The maximum absolute atomic E-state index is 5.91. The van der Waals surface area contributed by atoms with Gasteiger partial charge in [-0.2, -0.15) is 0 Å². The van der Waals surface area contributed by atoms with Crippen LogP contribution in [-0.2, 0) is 0 Å². The fourth-order valence-electron chi connectivity index (χ4n) is 0.561. The molecular weight excluding hydrogens is 146 g/mol. The highest BCUT2D eigenvalue weighted by atomic mass is 35.5. The molecule has 0 fully saturated rings. The lowest BCUT2D eigenvalue weighted by Gasteiger charge is -2.21. The Morgan fingerprint density at radius 2 is 1.90 bits per heavy atom. The standard InChI is InChI=1S/C8H18ClN/c1-5-7(9)6-10-8(2,3)4/h7,10H,5-6H2,1-4H3. The predicted octanol–water partition coefficient (Wildman–Crippen LogP) is 2.39. The minimum absolute atomic E-state index is 0.197. The second-order valence-corrected chi connectivity index (χ2v) is 4.25. The Balaban J connectivity index is 3.36. The van der Waals surface area contributed by atoms with Crippen molar-refractivity contribution in [2.45, 2.75) is 45.0 Å². The molecular formula is C8H18ClN. The highest BCUT2D eigenvalue weighted by Gasteiger charge is 2.10. The van der Waals surface area contributed by atoms with Crippen LogP contribution in [0.15, 0.2) is 0 Å². The average Bonchev–Trinajstić information content (AvgIpc) is 1.81. The maximum Gasteiger partial charge on any atom is 0.0458 e. The molecule has 0 amide bonds. The lowest BCUT2D eigenvalue weighted by molar-refractivity contribution is 0.423. The third-order valence-electron chi connectivity index (χ3n) is 1.30. The molecule has 1 nitrogen and oxygen atoms in total. The van der Waals surface area contributed by atoms with Crippen LogP contribution in [0, 0.1) is 0 Å². The van der Waals surface area contributed by atoms with E-state index in [1.165, 1.54) is 0 Å². The van der Waals surface area contributed by atoms with E-state index in [-0.39, 0.29) is 10.9 Å². The van der Waals surface area contributed by atoms with Crippen LogP contribution in [0.25, 0.3) is 0 Å². The second-order valence-electron chi connectivity index (χ2n) is 3.64. The second kappa shape index (κ2) is 4.20. The van der Waals surface area contributed by atoms with Gasteiger partial charge in [0.05, 0.1) is 0 Å². The fourth-order valence-corrected chi connectivity index (χ4v) is 0.638. The molecule has 62 valence electrons. The molecule has 0 aliphatic rings. The molecule has 0 saturated carbocycles. The first-order chi connectivity index (χ1) is 4.45. The minimum atomic E-state index is 0.197. The van der Waals surface area contributed by atoms with Crippen LogP contribution in [0.4, 0.5) is 0 Å². The van der Waals surface area contributed by atoms with Crippen molar-refractivity contribution in [2.75, 3.05) is 6.54 Å². The van der Waals surface area contributed by atoms with Gasteiger partial charge in [0.1, 0.15) is 0 Å². The Morgan fingerprint density at radius 1 is 1.40 bits per heavy atom. The molecule has 0 aromatic carbocycles. The summed E-state index contributed by atoms with van der Waals surface area (Å²) in [7, 11) is 0. The molecule has 10 heavy (non-hydrogen) atoms. The first-order valence-electron chi connectivity index (χ1n) is 3.85. The van der Waals surface area contributed by atoms with Gasteiger partial charge in [0.15, 0.2) is 0 Å². The van der Waals surface area contributed by atoms with E-state index in [1.54, 1.807) is 0 Å². The Labute approximate surface area is 69.1 Å². The topological polar surface area (TPSA) is 12.0 Å². The summed E-state index contributed by atoms with van der Waals surface area (Å²) in [4.78, 5) is 0. The van der Waals surface area contributed by atoms with Gasteiger partial charge < -0.3 is 5.32 Å². The quantitative estimate of drug-likeness (QED) is 0.631. The van der Waals surface area contributed by atoms with Crippen LogP contribution >= 0.6 is 11.6 Å². The van der Waals surface area contributed by atoms with Gasteiger partial charge in [-0.25, -0.2) is 0 Å². The first-order valence-corrected chi connectivity index (χ1v) is 4.28. The molecule has 0 aromatic heterocycles. The fraction of sp³-hybridized carbons (Fsp3) is 1.00. The van der Waals surface area contributed by atoms with Crippen LogP contribution in [0.2, 0.25) is 0 Å². The normalized spacial score (nSPS) is 15.3. The van der Waals surface area contributed by atoms with Gasteiger partial charge in [0.25, 0.3) is 0 Å². The zero-order valence-corrected chi connectivity index (χ0v) is 8.13. The number of hydrogen-bond donors (Lipinski definition) is 1. The number of halogens is 1. The Hall–Kier alpha value is 0.250. The lowest BCUT2D eigenvalue weighted by atomic mass is 10.1. The van der Waals surface area contributed by atoms with Crippen LogP contribution in [0.1, 0.15) is 34.1 Å². The largest absolute Gasteiger partial charge is 0.311 e. The molecule has 0 rings (SSSR count). The third-order valence-corrected chi connectivity index (χ3v) is 1.76. The van der Waals surface area contributed by atoms with Crippen molar-refractivity contribution in [3.63, 3.8) is 0 Å². The number of nitrogens with one attached hydrogen (secondary N) is 1. The Morgan fingerprint density at radius 3 is 2.20 bits per heavy atom. The Kier molecular flexibility index (Phi) is 4.30. The predicted molar refractivity (Wildman–Crippen MR) is 47.7 cm³/mol. The van der Waals surface area contributed by atoms with Crippen molar-refractivity contribution >= 4 is 11.6 Å². The van der Waals surface area contributed by atoms with Crippen molar-refractivity contribution in [1.82, 2.24) is 5.32 Å². The van der Waals surface area contributed by atoms with Crippen molar-refractivity contribution in [2.24, 2.45) is 0 Å². The molecule has 2 heteroatoms. The summed E-state index contributed by atoms with van der Waals surface area (Å²) in [6.45, 7) is 9.44. The number of hydrogen-bond acceptors (Lipinski definition) is 1. The summed E-state index contributed by atoms with van der Waals surface area (Å²) in [6.07, 6.45) is 1.03. The van der Waals surface area contributed by atoms with Gasteiger partial charge in [0.2, 0.25) is 0 Å². The zero-order valence-electron chi connectivity index (χ0n) is 7.37. The van der Waals surface area contributed by atoms with Crippen LogP contribution < -0.4 is 5.32 Å². The molecule has 1 N–H and O–H groups in total. The van der Waals surface area contributed by atoms with Gasteiger partial charge >= 0.3 is 0 Å². The van der Waals surface area contributed by atoms with Crippen molar-refractivity contribution in [3.05, 3.63) is 0 Å². The minimum Gasteiger partial charge on any atom is -0.311 e. The smallest absolute Gasteiger partial charge is 0.0458 e. The number of alkyl halides is 1. The summed E-state index contributed by atoms with van der Waals surface area (Å²) < 4.78 is 0. The lowest BCUT2D eigenvalue weighted by Crippen LogP contribution is -2.39. The van der Waals surface area contributed by atoms with Gasteiger partial charge in [-0.3, -0.25) is 0 Å². The van der Waals surface area contributed by atoms with Gasteiger partial charge in [-0.05, 0) is 27.2 Å². The molecule has 0 spiro atoms. The van der Waals surface area contributed by atoms with E-state index in [9.17, 15) is 0 Å². The molecule has 0 radical (unpaired) electrons. The SMILES string of the molecule is CCC(Cl)CNC(C)(C)C. The van der Waals surface area contributed by atoms with Gasteiger partial charge in [-0.15, -0.1) is 11.6 Å². The summed E-state index contributed by atoms with van der Waals surface area (Å²) in [5, 5.41) is 3.62. The molecule has 0 saturated heterocycles. The Bertz CT molecular complexity index is 85.7. The molecule has 1 atom stereocenters. The van der Waals surface area contributed by atoms with Crippen LogP contribution in [-0.4, -0.2) is 17.5 Å². The molecule has 0 aromatic rings. The van der Waals surface area contributed by atoms with E-state index in [0.717, 1.165) is 13.0 Å². The summed E-state index contributed by atoms with van der Waals surface area (Å²) >= 11 is 5.91. The maximum atomic E-state index is 5.91. The van der Waals surface area contributed by atoms with Crippen molar-refractivity contribution in [3.8, 4) is 0 Å². The van der Waals surface area contributed by atoms with E-state index in [1.807, 2.05) is 0 Å². The van der Waals surface area contributed by atoms with Crippen LogP contribution in [0.5, 0.6) is 0 Å². The van der Waals surface area contributed by atoms with E-state index in [4.69, 9.17) is 11.6 Å². The molecule has 0 aliphatic carbocycles. The van der Waals surface area contributed by atoms with Crippen molar-refractivity contribution in [1.29, 1.82) is 0 Å². The summed E-state index contributed by atoms with van der Waals surface area (Å²) in [5.74, 6) is 0. The monoisotopic (exact) mass is 163 g/mol. The molecule has 0 heterocycles. The molecule has 0 aliphatic heterocycles. The average molecular weight is 164 g/mol. The van der Waals surface area contributed by atoms with Crippen molar-refractivity contribution < 1.29 is 0 Å². The summed E-state index contributed by atoms with van der Waals surface area (Å²) in [6, 6.07) is 0. The van der Waals surface area contributed by atoms with E-state index >= 15 is 0 Å². The molecule has 0 bridgehead atoms. The van der Waals surface area contributed by atoms with Gasteiger partial charge in [0, 0.05) is 17.5 Å². The number of rotatable bonds is 3. The zero-order chi connectivity index (χ0) is 8.20. The third kappa shape index (κ3) is 6.37. The van der Waals surface area contributed by atoms with Gasteiger partial charge in [-0.1, -0.05) is 6.92 Å². The molecule has 1 unspecified atom stereocenters. The first kappa shape index (κ1) is 10.2. The van der Waals surface area contributed by atoms with E-state index in [0.29, 0.717) is 0 Å². The van der Waals surface area contributed by atoms with E-state index < -0.39 is 0 Å².